The van der Waals surface area contributed by atoms with Crippen LogP contribution in [0.2, 0.25) is 0 Å². The van der Waals surface area contributed by atoms with Gasteiger partial charge in [-0.25, -0.2) is 0 Å². The highest BCUT2D eigenvalue weighted by atomic mass is 32.2. The van der Waals surface area contributed by atoms with E-state index in [4.69, 9.17) is 5.11 Å². The summed E-state index contributed by atoms with van der Waals surface area (Å²) in [6, 6.07) is 4.39. The van der Waals surface area contributed by atoms with Crippen LogP contribution in [0, 0.1) is 10.1 Å². The summed E-state index contributed by atoms with van der Waals surface area (Å²) < 4.78 is 0. The average molecular weight is 199 g/mol. The number of thioether (sulfide) groups is 1. The number of nitro groups is 1. The number of rotatable bonds is 3. The van der Waals surface area contributed by atoms with E-state index < -0.39 is 4.92 Å². The standard InChI is InChI=1S/C8H9NO3S/c1-2-13-6-3-4-8(10)7(5-6)9(11)12/h3-5,10H,2H2,1H3. The Kier molecular flexibility index (Phi) is 3.13. The first-order valence-electron chi connectivity index (χ1n) is 3.75. The van der Waals surface area contributed by atoms with E-state index in [1.54, 1.807) is 6.07 Å². The Labute approximate surface area is 79.7 Å². The fourth-order valence-electron chi connectivity index (χ4n) is 0.906. The minimum absolute atomic E-state index is 0.238. The van der Waals surface area contributed by atoms with Gasteiger partial charge >= 0.3 is 5.69 Å². The second-order valence-electron chi connectivity index (χ2n) is 2.34. The minimum atomic E-state index is -0.588. The third-order valence-electron chi connectivity index (χ3n) is 1.45. The summed E-state index contributed by atoms with van der Waals surface area (Å²) in [7, 11) is 0. The van der Waals surface area contributed by atoms with Crippen LogP contribution in [0.15, 0.2) is 23.1 Å². The number of hydrogen-bond donors (Lipinski definition) is 1. The lowest BCUT2D eigenvalue weighted by atomic mass is 10.3. The van der Waals surface area contributed by atoms with Gasteiger partial charge < -0.3 is 5.11 Å². The maximum Gasteiger partial charge on any atom is 0.311 e. The Morgan fingerprint density at radius 3 is 2.85 bits per heavy atom. The molecule has 0 spiro atoms. The van der Waals surface area contributed by atoms with Gasteiger partial charge in [-0.3, -0.25) is 10.1 Å². The normalized spacial score (nSPS) is 9.92. The Hall–Kier alpha value is -1.23. The maximum atomic E-state index is 10.4. The summed E-state index contributed by atoms with van der Waals surface area (Å²) in [5.74, 6) is 0.563. The zero-order valence-corrected chi connectivity index (χ0v) is 7.87. The zero-order chi connectivity index (χ0) is 9.84. The maximum absolute atomic E-state index is 10.4. The summed E-state index contributed by atoms with van der Waals surface area (Å²) in [4.78, 5) is 10.6. The molecule has 0 amide bonds. The molecule has 0 saturated heterocycles. The molecule has 0 unspecified atom stereocenters. The second kappa shape index (κ2) is 4.13. The van der Waals surface area contributed by atoms with Gasteiger partial charge in [0.1, 0.15) is 0 Å². The summed E-state index contributed by atoms with van der Waals surface area (Å²) in [6.45, 7) is 1.96. The average Bonchev–Trinajstić information content (AvgIpc) is 2.08. The van der Waals surface area contributed by atoms with Crippen molar-refractivity contribution in [3.8, 4) is 5.75 Å². The van der Waals surface area contributed by atoms with E-state index >= 15 is 0 Å². The molecule has 0 aromatic heterocycles. The van der Waals surface area contributed by atoms with E-state index in [9.17, 15) is 10.1 Å². The molecule has 13 heavy (non-hydrogen) atoms. The van der Waals surface area contributed by atoms with Gasteiger partial charge in [-0.05, 0) is 17.9 Å². The van der Waals surface area contributed by atoms with Crippen LogP contribution in [0.25, 0.3) is 0 Å². The quantitative estimate of drug-likeness (QED) is 0.461. The highest BCUT2D eigenvalue weighted by Gasteiger charge is 2.12. The Balaban J connectivity index is 3.04. The van der Waals surface area contributed by atoms with Gasteiger partial charge in [-0.15, -0.1) is 11.8 Å². The molecule has 0 bridgehead atoms. The Morgan fingerprint density at radius 1 is 1.62 bits per heavy atom. The van der Waals surface area contributed by atoms with Gasteiger partial charge in [0, 0.05) is 11.0 Å². The van der Waals surface area contributed by atoms with Crippen molar-refractivity contribution in [2.75, 3.05) is 5.75 Å². The number of nitrogens with zero attached hydrogens (tertiary/aromatic N) is 1. The van der Waals surface area contributed by atoms with Gasteiger partial charge in [0.05, 0.1) is 4.92 Å². The minimum Gasteiger partial charge on any atom is -0.502 e. The molecule has 1 aromatic carbocycles. The van der Waals surface area contributed by atoms with Gasteiger partial charge in [-0.1, -0.05) is 6.92 Å². The van der Waals surface area contributed by atoms with E-state index in [1.165, 1.54) is 23.9 Å². The first kappa shape index (κ1) is 9.85. The van der Waals surface area contributed by atoms with Crippen LogP contribution >= 0.6 is 11.8 Å². The van der Waals surface area contributed by atoms with Crippen molar-refractivity contribution >= 4 is 17.4 Å². The fourth-order valence-corrected chi connectivity index (χ4v) is 1.60. The number of aromatic hydroxyl groups is 1. The molecule has 0 aliphatic heterocycles. The van der Waals surface area contributed by atoms with Crippen LogP contribution in [-0.4, -0.2) is 15.8 Å². The lowest BCUT2D eigenvalue weighted by molar-refractivity contribution is -0.386. The third-order valence-corrected chi connectivity index (χ3v) is 2.33. The smallest absolute Gasteiger partial charge is 0.311 e. The third kappa shape index (κ3) is 2.35. The molecule has 0 aliphatic rings. The van der Waals surface area contributed by atoms with Crippen LogP contribution in [0.1, 0.15) is 6.92 Å². The highest BCUT2D eigenvalue weighted by molar-refractivity contribution is 7.99. The van der Waals surface area contributed by atoms with Crippen molar-refractivity contribution in [2.24, 2.45) is 0 Å². The van der Waals surface area contributed by atoms with Gasteiger partial charge in [-0.2, -0.15) is 0 Å². The van der Waals surface area contributed by atoms with Crippen LogP contribution in [0.5, 0.6) is 5.75 Å². The molecule has 1 rings (SSSR count). The Bertz CT molecular complexity index is 327. The first-order valence-corrected chi connectivity index (χ1v) is 4.74. The summed E-state index contributed by atoms with van der Waals surface area (Å²) in [5.41, 5.74) is -0.238. The molecule has 5 heteroatoms. The fraction of sp³-hybridized carbons (Fsp3) is 0.250. The van der Waals surface area contributed by atoms with Gasteiger partial charge in [0.15, 0.2) is 5.75 Å². The van der Waals surface area contributed by atoms with Crippen molar-refractivity contribution in [1.82, 2.24) is 0 Å². The van der Waals surface area contributed by atoms with Crippen molar-refractivity contribution in [2.45, 2.75) is 11.8 Å². The monoisotopic (exact) mass is 199 g/mol. The van der Waals surface area contributed by atoms with Crippen molar-refractivity contribution in [3.63, 3.8) is 0 Å². The molecule has 0 aliphatic carbocycles. The summed E-state index contributed by atoms with van der Waals surface area (Å²) in [6.07, 6.45) is 0. The van der Waals surface area contributed by atoms with Gasteiger partial charge in [0.25, 0.3) is 0 Å². The van der Waals surface area contributed by atoms with E-state index in [-0.39, 0.29) is 11.4 Å². The largest absolute Gasteiger partial charge is 0.502 e. The first-order chi connectivity index (χ1) is 6.15. The lowest BCUT2D eigenvalue weighted by Crippen LogP contribution is -1.88. The molecular weight excluding hydrogens is 190 g/mol. The van der Waals surface area contributed by atoms with Crippen LogP contribution in [-0.2, 0) is 0 Å². The molecule has 1 aromatic rings. The molecule has 4 nitrogen and oxygen atoms in total. The summed E-state index contributed by atoms with van der Waals surface area (Å²) >= 11 is 1.50. The lowest BCUT2D eigenvalue weighted by Gasteiger charge is -1.99. The van der Waals surface area contributed by atoms with E-state index in [0.29, 0.717) is 0 Å². The van der Waals surface area contributed by atoms with Gasteiger partial charge in [0.2, 0.25) is 0 Å². The zero-order valence-electron chi connectivity index (χ0n) is 7.06. The van der Waals surface area contributed by atoms with Crippen molar-refractivity contribution in [1.29, 1.82) is 0 Å². The second-order valence-corrected chi connectivity index (χ2v) is 3.68. The topological polar surface area (TPSA) is 63.4 Å². The molecule has 1 N–H and O–H groups in total. The predicted octanol–water partition coefficient (Wildman–Crippen LogP) is 2.41. The van der Waals surface area contributed by atoms with Crippen LogP contribution in [0.4, 0.5) is 5.69 Å². The predicted molar refractivity (Wildman–Crippen MR) is 51.2 cm³/mol. The molecule has 0 atom stereocenters. The summed E-state index contributed by atoms with van der Waals surface area (Å²) in [5, 5.41) is 19.5. The van der Waals surface area contributed by atoms with Crippen LogP contribution in [0.3, 0.4) is 0 Å². The number of hydrogen-bond acceptors (Lipinski definition) is 4. The van der Waals surface area contributed by atoms with E-state index in [0.717, 1.165) is 10.6 Å². The SMILES string of the molecule is CCSc1ccc(O)c([N+](=O)[O-])c1. The Morgan fingerprint density at radius 2 is 2.31 bits per heavy atom. The number of benzene rings is 1. The number of phenols is 1. The van der Waals surface area contributed by atoms with E-state index in [1.807, 2.05) is 6.92 Å². The van der Waals surface area contributed by atoms with Crippen molar-refractivity contribution in [3.05, 3.63) is 28.3 Å². The van der Waals surface area contributed by atoms with E-state index in [2.05, 4.69) is 0 Å². The number of nitro benzene ring substituents is 1. The highest BCUT2D eigenvalue weighted by Crippen LogP contribution is 2.30. The molecular formula is C8H9NO3S. The molecule has 0 fully saturated rings. The molecule has 0 radical (unpaired) electrons. The van der Waals surface area contributed by atoms with Crippen LogP contribution < -0.4 is 0 Å². The van der Waals surface area contributed by atoms with Crippen molar-refractivity contribution < 1.29 is 10.0 Å². The number of phenolic OH excluding ortho intramolecular Hbond substituents is 1. The molecule has 70 valence electrons. The molecule has 0 heterocycles. The molecule has 0 saturated carbocycles.